The summed E-state index contributed by atoms with van der Waals surface area (Å²) in [5, 5.41) is 6.57. The van der Waals surface area contributed by atoms with Crippen LogP contribution in [-0.2, 0) is 4.79 Å². The molecule has 0 bridgehead atoms. The molecule has 0 fully saturated rings. The Bertz CT molecular complexity index is 690. The molecule has 0 spiro atoms. The van der Waals surface area contributed by atoms with E-state index < -0.39 is 16.9 Å². The Morgan fingerprint density at radius 2 is 2.04 bits per heavy atom. The number of anilines is 1. The summed E-state index contributed by atoms with van der Waals surface area (Å²) in [5.41, 5.74) is 0. The lowest BCUT2D eigenvalue weighted by molar-refractivity contribution is -0.115. The van der Waals surface area contributed by atoms with Gasteiger partial charge in [-0.2, -0.15) is 5.10 Å². The molecule has 7 heteroatoms. The van der Waals surface area contributed by atoms with Gasteiger partial charge in [-0.05, 0) is 38.5 Å². The summed E-state index contributed by atoms with van der Waals surface area (Å²) < 4.78 is 27.9. The van der Waals surface area contributed by atoms with Gasteiger partial charge in [-0.15, -0.1) is 11.8 Å². The topological polar surface area (TPSA) is 46.9 Å². The molecule has 0 unspecified atom stereocenters. The highest BCUT2D eigenvalue weighted by atomic mass is 32.2. The average molecular weight is 339 g/mol. The van der Waals surface area contributed by atoms with Gasteiger partial charge in [0, 0.05) is 11.0 Å². The molecule has 4 nitrogen and oxygen atoms in total. The molecule has 0 aliphatic rings. The molecule has 2 aromatic rings. The number of thioether (sulfide) groups is 1. The fourth-order valence-electron chi connectivity index (χ4n) is 1.97. The van der Waals surface area contributed by atoms with Crippen molar-refractivity contribution in [2.24, 2.45) is 0 Å². The van der Waals surface area contributed by atoms with Crippen molar-refractivity contribution >= 4 is 23.5 Å². The SMILES string of the molecule is CC[C@@H](C)n1nccc1NC(=O)[C@@H](C)Sc1ccc(F)c(F)c1. The van der Waals surface area contributed by atoms with Crippen LogP contribution in [0.3, 0.4) is 0 Å². The molecule has 1 N–H and O–H groups in total. The Balaban J connectivity index is 2.03. The number of nitrogens with one attached hydrogen (secondary N) is 1. The van der Waals surface area contributed by atoms with E-state index in [1.54, 1.807) is 23.9 Å². The molecule has 0 aliphatic heterocycles. The van der Waals surface area contributed by atoms with Crippen LogP contribution in [0.1, 0.15) is 33.2 Å². The van der Waals surface area contributed by atoms with Crippen LogP contribution in [-0.4, -0.2) is 20.9 Å². The van der Waals surface area contributed by atoms with Gasteiger partial charge in [0.2, 0.25) is 5.91 Å². The third kappa shape index (κ3) is 4.31. The van der Waals surface area contributed by atoms with E-state index in [4.69, 9.17) is 0 Å². The van der Waals surface area contributed by atoms with Gasteiger partial charge >= 0.3 is 0 Å². The maximum absolute atomic E-state index is 13.2. The van der Waals surface area contributed by atoms with Crippen molar-refractivity contribution in [2.45, 2.75) is 43.4 Å². The normalized spacial score (nSPS) is 13.6. The number of rotatable bonds is 6. The molecule has 2 rings (SSSR count). The van der Waals surface area contributed by atoms with Crippen molar-refractivity contribution in [1.29, 1.82) is 0 Å². The highest BCUT2D eigenvalue weighted by Gasteiger charge is 2.18. The molecular formula is C16H19F2N3OS. The number of benzene rings is 1. The minimum Gasteiger partial charge on any atom is -0.310 e. The molecule has 1 amide bonds. The molecule has 1 aromatic carbocycles. The van der Waals surface area contributed by atoms with Crippen molar-refractivity contribution in [2.75, 3.05) is 5.32 Å². The van der Waals surface area contributed by atoms with Crippen LogP contribution in [0.25, 0.3) is 0 Å². The molecule has 23 heavy (non-hydrogen) atoms. The van der Waals surface area contributed by atoms with Crippen molar-refractivity contribution < 1.29 is 13.6 Å². The molecule has 124 valence electrons. The second kappa shape index (κ2) is 7.59. The molecule has 0 radical (unpaired) electrons. The van der Waals surface area contributed by atoms with Crippen LogP contribution in [0.2, 0.25) is 0 Å². The summed E-state index contributed by atoms with van der Waals surface area (Å²) in [5.74, 6) is -1.41. The van der Waals surface area contributed by atoms with Gasteiger partial charge < -0.3 is 5.32 Å². The van der Waals surface area contributed by atoms with E-state index in [0.29, 0.717) is 10.7 Å². The third-order valence-electron chi connectivity index (χ3n) is 3.50. The summed E-state index contributed by atoms with van der Waals surface area (Å²) in [6.07, 6.45) is 2.53. The Morgan fingerprint density at radius 1 is 1.30 bits per heavy atom. The van der Waals surface area contributed by atoms with Crippen LogP contribution in [0, 0.1) is 11.6 Å². The lowest BCUT2D eigenvalue weighted by atomic mass is 10.3. The zero-order chi connectivity index (χ0) is 17.0. The second-order valence-corrected chi connectivity index (χ2v) is 6.66. The molecular weight excluding hydrogens is 320 g/mol. The smallest absolute Gasteiger partial charge is 0.238 e. The minimum absolute atomic E-state index is 0.175. The standard InChI is InChI=1S/C16H19F2N3OS/c1-4-10(2)21-15(7-8-19-21)20-16(22)11(3)23-12-5-6-13(17)14(18)9-12/h5-11H,4H2,1-3H3,(H,20,22)/t10-,11-/m1/s1. The molecule has 0 saturated heterocycles. The molecule has 2 atom stereocenters. The number of nitrogens with zero attached hydrogens (tertiary/aromatic N) is 2. The van der Waals surface area contributed by atoms with Gasteiger partial charge in [-0.3, -0.25) is 4.79 Å². The first-order chi connectivity index (χ1) is 10.9. The van der Waals surface area contributed by atoms with Crippen LogP contribution in [0.5, 0.6) is 0 Å². The quantitative estimate of drug-likeness (QED) is 0.800. The predicted molar refractivity (Wildman–Crippen MR) is 87.5 cm³/mol. The average Bonchev–Trinajstić information content (AvgIpc) is 2.98. The monoisotopic (exact) mass is 339 g/mol. The second-order valence-electron chi connectivity index (χ2n) is 5.24. The van der Waals surface area contributed by atoms with Gasteiger partial charge in [0.1, 0.15) is 5.82 Å². The van der Waals surface area contributed by atoms with Crippen LogP contribution in [0.15, 0.2) is 35.4 Å². The first-order valence-electron chi connectivity index (χ1n) is 7.38. The van der Waals surface area contributed by atoms with Gasteiger partial charge in [-0.25, -0.2) is 13.5 Å². The zero-order valence-electron chi connectivity index (χ0n) is 13.2. The maximum atomic E-state index is 13.2. The number of amides is 1. The summed E-state index contributed by atoms with van der Waals surface area (Å²) in [6, 6.07) is 5.51. The number of hydrogen-bond acceptors (Lipinski definition) is 3. The summed E-state index contributed by atoms with van der Waals surface area (Å²) in [6.45, 7) is 5.77. The third-order valence-corrected chi connectivity index (χ3v) is 4.60. The van der Waals surface area contributed by atoms with Gasteiger partial charge in [-0.1, -0.05) is 6.92 Å². The number of aromatic nitrogens is 2. The molecule has 0 saturated carbocycles. The van der Waals surface area contributed by atoms with Crippen LogP contribution < -0.4 is 5.32 Å². The number of carbonyl (C=O) groups excluding carboxylic acids is 1. The number of carbonyl (C=O) groups is 1. The van der Waals surface area contributed by atoms with Gasteiger partial charge in [0.15, 0.2) is 11.6 Å². The Labute approximate surface area is 138 Å². The van der Waals surface area contributed by atoms with Crippen LogP contribution >= 0.6 is 11.8 Å². The predicted octanol–water partition coefficient (Wildman–Crippen LogP) is 4.25. The number of halogens is 2. The van der Waals surface area contributed by atoms with E-state index in [9.17, 15) is 13.6 Å². The highest BCUT2D eigenvalue weighted by Crippen LogP contribution is 2.26. The summed E-state index contributed by atoms with van der Waals surface area (Å²) in [4.78, 5) is 12.8. The first-order valence-corrected chi connectivity index (χ1v) is 8.26. The Morgan fingerprint density at radius 3 is 2.70 bits per heavy atom. The van der Waals surface area contributed by atoms with E-state index in [1.807, 2.05) is 13.8 Å². The van der Waals surface area contributed by atoms with Crippen molar-refractivity contribution in [3.8, 4) is 0 Å². The minimum atomic E-state index is -0.919. The molecule has 1 heterocycles. The fraction of sp³-hybridized carbons (Fsp3) is 0.375. The van der Waals surface area contributed by atoms with Crippen LogP contribution in [0.4, 0.5) is 14.6 Å². The zero-order valence-corrected chi connectivity index (χ0v) is 14.0. The van der Waals surface area contributed by atoms with E-state index in [0.717, 1.165) is 18.6 Å². The van der Waals surface area contributed by atoms with Crippen molar-refractivity contribution in [3.63, 3.8) is 0 Å². The molecule has 1 aromatic heterocycles. The fourth-order valence-corrected chi connectivity index (χ4v) is 2.87. The largest absolute Gasteiger partial charge is 0.310 e. The van der Waals surface area contributed by atoms with E-state index >= 15 is 0 Å². The maximum Gasteiger partial charge on any atom is 0.238 e. The van der Waals surface area contributed by atoms with Gasteiger partial charge in [0.05, 0.1) is 17.5 Å². The molecule has 0 aliphatic carbocycles. The lowest BCUT2D eigenvalue weighted by Crippen LogP contribution is -2.24. The van der Waals surface area contributed by atoms with Gasteiger partial charge in [0.25, 0.3) is 0 Å². The summed E-state index contributed by atoms with van der Waals surface area (Å²) in [7, 11) is 0. The van der Waals surface area contributed by atoms with Crippen molar-refractivity contribution in [1.82, 2.24) is 9.78 Å². The van der Waals surface area contributed by atoms with E-state index in [-0.39, 0.29) is 11.9 Å². The van der Waals surface area contributed by atoms with Crippen molar-refractivity contribution in [3.05, 3.63) is 42.1 Å². The summed E-state index contributed by atoms with van der Waals surface area (Å²) >= 11 is 1.17. The van der Waals surface area contributed by atoms with E-state index in [1.165, 1.54) is 17.8 Å². The number of hydrogen-bond donors (Lipinski definition) is 1. The Hall–Kier alpha value is -1.89. The first kappa shape index (κ1) is 17.5. The lowest BCUT2D eigenvalue weighted by Gasteiger charge is -2.16. The Kier molecular flexibility index (Phi) is 5.76. The highest BCUT2D eigenvalue weighted by molar-refractivity contribution is 8.00. The van der Waals surface area contributed by atoms with E-state index in [2.05, 4.69) is 10.4 Å².